The third kappa shape index (κ3) is 3.83. The highest BCUT2D eigenvalue weighted by molar-refractivity contribution is 5.94. The fourth-order valence-electron chi connectivity index (χ4n) is 1.88. The number of esters is 1. The molecule has 24 heavy (non-hydrogen) atoms. The lowest BCUT2D eigenvalue weighted by Gasteiger charge is -2.08. The number of benzene rings is 2. The van der Waals surface area contributed by atoms with E-state index in [2.05, 4.69) is 0 Å². The van der Waals surface area contributed by atoms with Crippen molar-refractivity contribution in [3.8, 4) is 11.5 Å². The van der Waals surface area contributed by atoms with Crippen molar-refractivity contribution in [3.05, 3.63) is 68.3 Å². The number of hydrogen-bond acceptors (Lipinski definition) is 7. The van der Waals surface area contributed by atoms with Gasteiger partial charge in [0, 0.05) is 24.3 Å². The van der Waals surface area contributed by atoms with Crippen LogP contribution in [0.2, 0.25) is 0 Å². The number of nitrogens with zero attached hydrogens (tertiary/aromatic N) is 2. The minimum atomic E-state index is -0.835. The minimum absolute atomic E-state index is 0.0728. The van der Waals surface area contributed by atoms with E-state index in [1.54, 1.807) is 6.92 Å². The number of non-ortho nitro benzene ring substituents is 1. The molecule has 0 heterocycles. The summed E-state index contributed by atoms with van der Waals surface area (Å²) in [5.74, 6) is -0.389. The number of carbonyl (C=O) groups is 1. The normalized spacial score (nSPS) is 10.0. The molecule has 0 N–H and O–H groups in total. The van der Waals surface area contributed by atoms with Gasteiger partial charge in [0.1, 0.15) is 17.1 Å². The van der Waals surface area contributed by atoms with Gasteiger partial charge in [-0.3, -0.25) is 20.2 Å². The summed E-state index contributed by atoms with van der Waals surface area (Å²) < 4.78 is 10.3. The summed E-state index contributed by atoms with van der Waals surface area (Å²) in [6.07, 6.45) is 0. The van der Waals surface area contributed by atoms with Gasteiger partial charge in [0.2, 0.25) is 0 Å². The summed E-state index contributed by atoms with van der Waals surface area (Å²) in [7, 11) is 0. The SMILES string of the molecule is CCOC(=O)c1cc(Oc2ccc([N+](=O)[O-])cc2)ccc1[N+](=O)[O-]. The van der Waals surface area contributed by atoms with Crippen LogP contribution in [0.5, 0.6) is 11.5 Å². The Balaban J connectivity index is 2.30. The van der Waals surface area contributed by atoms with Gasteiger partial charge in [-0.15, -0.1) is 0 Å². The fourth-order valence-corrected chi connectivity index (χ4v) is 1.88. The van der Waals surface area contributed by atoms with Crippen LogP contribution in [0.1, 0.15) is 17.3 Å². The Hall–Kier alpha value is -3.49. The Morgan fingerprint density at radius 3 is 2.17 bits per heavy atom. The first-order chi connectivity index (χ1) is 11.4. The molecule has 0 saturated heterocycles. The van der Waals surface area contributed by atoms with Crippen LogP contribution in [0.3, 0.4) is 0 Å². The first-order valence-corrected chi connectivity index (χ1v) is 6.80. The number of carbonyl (C=O) groups excluding carboxylic acids is 1. The van der Waals surface area contributed by atoms with Crippen molar-refractivity contribution < 1.29 is 24.1 Å². The molecule has 0 bridgehead atoms. The third-order valence-electron chi connectivity index (χ3n) is 2.94. The predicted octanol–water partition coefficient (Wildman–Crippen LogP) is 3.47. The van der Waals surface area contributed by atoms with E-state index in [-0.39, 0.29) is 29.4 Å². The van der Waals surface area contributed by atoms with Crippen LogP contribution < -0.4 is 4.74 Å². The van der Waals surface area contributed by atoms with Gasteiger partial charge in [-0.05, 0) is 25.1 Å². The topological polar surface area (TPSA) is 122 Å². The molecule has 0 saturated carbocycles. The van der Waals surface area contributed by atoms with E-state index < -0.39 is 21.5 Å². The minimum Gasteiger partial charge on any atom is -0.462 e. The van der Waals surface area contributed by atoms with E-state index in [1.165, 1.54) is 36.4 Å². The molecule has 0 aromatic heterocycles. The first-order valence-electron chi connectivity index (χ1n) is 6.80. The molecular weight excluding hydrogens is 320 g/mol. The van der Waals surface area contributed by atoms with Gasteiger partial charge in [-0.1, -0.05) is 0 Å². The summed E-state index contributed by atoms with van der Waals surface area (Å²) in [5.41, 5.74) is -0.732. The Morgan fingerprint density at radius 1 is 1.00 bits per heavy atom. The van der Waals surface area contributed by atoms with Crippen molar-refractivity contribution >= 4 is 17.3 Å². The van der Waals surface area contributed by atoms with Gasteiger partial charge in [0.05, 0.1) is 16.5 Å². The van der Waals surface area contributed by atoms with E-state index in [0.29, 0.717) is 0 Å². The molecule has 0 radical (unpaired) electrons. The van der Waals surface area contributed by atoms with Crippen molar-refractivity contribution in [2.45, 2.75) is 6.92 Å². The Bertz CT molecular complexity index is 787. The van der Waals surface area contributed by atoms with Crippen LogP contribution in [0.4, 0.5) is 11.4 Å². The van der Waals surface area contributed by atoms with Crippen molar-refractivity contribution in [2.75, 3.05) is 6.61 Å². The molecule has 9 nitrogen and oxygen atoms in total. The molecule has 0 atom stereocenters. The highest BCUT2D eigenvalue weighted by atomic mass is 16.6. The second-order valence-electron chi connectivity index (χ2n) is 4.51. The molecule has 2 rings (SSSR count). The zero-order valence-corrected chi connectivity index (χ0v) is 12.5. The molecule has 0 unspecified atom stereocenters. The van der Waals surface area contributed by atoms with Gasteiger partial charge >= 0.3 is 5.97 Å². The molecule has 0 aliphatic carbocycles. The zero-order chi connectivity index (χ0) is 17.7. The molecule has 0 aliphatic heterocycles. The second kappa shape index (κ2) is 7.18. The molecule has 0 amide bonds. The monoisotopic (exact) mass is 332 g/mol. The maximum atomic E-state index is 11.8. The standard InChI is InChI=1S/C15H12N2O7/c1-2-23-15(18)13-9-12(7-8-14(13)17(21)22)24-11-5-3-10(4-6-11)16(19)20/h3-9H,2H2,1H3. The summed E-state index contributed by atoms with van der Waals surface area (Å²) in [6, 6.07) is 8.92. The van der Waals surface area contributed by atoms with Gasteiger partial charge in [-0.2, -0.15) is 0 Å². The van der Waals surface area contributed by atoms with Crippen molar-refractivity contribution in [1.82, 2.24) is 0 Å². The maximum Gasteiger partial charge on any atom is 0.345 e. The van der Waals surface area contributed by atoms with Crippen LogP contribution in [0.25, 0.3) is 0 Å². The molecule has 2 aromatic rings. The lowest BCUT2D eigenvalue weighted by atomic mass is 10.1. The average molecular weight is 332 g/mol. The molecule has 124 valence electrons. The number of nitro benzene ring substituents is 2. The van der Waals surface area contributed by atoms with E-state index in [0.717, 1.165) is 6.07 Å². The zero-order valence-electron chi connectivity index (χ0n) is 12.5. The smallest absolute Gasteiger partial charge is 0.345 e. The number of nitro groups is 2. The van der Waals surface area contributed by atoms with Gasteiger partial charge < -0.3 is 9.47 Å². The lowest BCUT2D eigenvalue weighted by Crippen LogP contribution is -2.08. The summed E-state index contributed by atoms with van der Waals surface area (Å²) in [4.78, 5) is 32.2. The van der Waals surface area contributed by atoms with E-state index in [1.807, 2.05) is 0 Å². The highest BCUT2D eigenvalue weighted by Crippen LogP contribution is 2.29. The predicted molar refractivity (Wildman–Crippen MR) is 82.2 cm³/mol. The van der Waals surface area contributed by atoms with Crippen molar-refractivity contribution in [2.24, 2.45) is 0 Å². The van der Waals surface area contributed by atoms with Crippen LogP contribution in [0, 0.1) is 20.2 Å². The fraction of sp³-hybridized carbons (Fsp3) is 0.133. The second-order valence-corrected chi connectivity index (χ2v) is 4.51. The van der Waals surface area contributed by atoms with Crippen LogP contribution in [0.15, 0.2) is 42.5 Å². The van der Waals surface area contributed by atoms with E-state index >= 15 is 0 Å². The molecule has 2 aromatic carbocycles. The largest absolute Gasteiger partial charge is 0.462 e. The molecule has 0 aliphatic rings. The molecule has 0 spiro atoms. The van der Waals surface area contributed by atoms with Crippen molar-refractivity contribution in [1.29, 1.82) is 0 Å². The average Bonchev–Trinajstić information content (AvgIpc) is 2.55. The maximum absolute atomic E-state index is 11.8. The Kier molecular flexibility index (Phi) is 5.05. The van der Waals surface area contributed by atoms with Gasteiger partial charge in [0.25, 0.3) is 11.4 Å². The quantitative estimate of drug-likeness (QED) is 0.451. The lowest BCUT2D eigenvalue weighted by molar-refractivity contribution is -0.385. The van der Waals surface area contributed by atoms with Crippen molar-refractivity contribution in [3.63, 3.8) is 0 Å². The first kappa shape index (κ1) is 16.9. The van der Waals surface area contributed by atoms with Gasteiger partial charge in [-0.25, -0.2) is 4.79 Å². The van der Waals surface area contributed by atoms with Crippen LogP contribution in [-0.2, 0) is 4.74 Å². The summed E-state index contributed by atoms with van der Waals surface area (Å²) >= 11 is 0. The Labute approximate surface area is 135 Å². The Morgan fingerprint density at radius 2 is 1.62 bits per heavy atom. The number of hydrogen-bond donors (Lipinski definition) is 0. The summed E-state index contributed by atoms with van der Waals surface area (Å²) in [6.45, 7) is 1.66. The van der Waals surface area contributed by atoms with Crippen LogP contribution in [-0.4, -0.2) is 22.4 Å². The number of rotatable bonds is 6. The summed E-state index contributed by atoms with van der Waals surface area (Å²) in [5, 5.41) is 21.6. The molecule has 0 fully saturated rings. The number of ether oxygens (including phenoxy) is 2. The molecule has 9 heteroatoms. The third-order valence-corrected chi connectivity index (χ3v) is 2.94. The van der Waals surface area contributed by atoms with Crippen LogP contribution >= 0.6 is 0 Å². The van der Waals surface area contributed by atoms with Gasteiger partial charge in [0.15, 0.2) is 0 Å². The molecular formula is C15H12N2O7. The highest BCUT2D eigenvalue weighted by Gasteiger charge is 2.22. The van der Waals surface area contributed by atoms with E-state index in [4.69, 9.17) is 9.47 Å². The van der Waals surface area contributed by atoms with E-state index in [9.17, 15) is 25.0 Å².